The molecular weight excluding hydrogens is 472 g/mol. The lowest BCUT2D eigenvalue weighted by Crippen LogP contribution is -2.15. The van der Waals surface area contributed by atoms with Crippen molar-refractivity contribution in [3.8, 4) is 5.75 Å². The molecule has 2 amide bonds. The first-order valence-corrected chi connectivity index (χ1v) is 11.0. The van der Waals surface area contributed by atoms with Gasteiger partial charge in [0.05, 0.1) is 12.2 Å². The van der Waals surface area contributed by atoms with Crippen molar-refractivity contribution in [1.29, 1.82) is 0 Å². The van der Waals surface area contributed by atoms with Crippen LogP contribution in [-0.2, 0) is 16.0 Å². The zero-order valence-corrected chi connectivity index (χ0v) is 19.4. The van der Waals surface area contributed by atoms with E-state index in [1.54, 1.807) is 43.5 Å². The first-order valence-electron chi connectivity index (χ1n) is 10.2. The van der Waals surface area contributed by atoms with Crippen molar-refractivity contribution in [3.63, 3.8) is 0 Å². The number of nitrogens with one attached hydrogen (secondary N) is 2. The molecule has 7 heteroatoms. The van der Waals surface area contributed by atoms with E-state index in [2.05, 4.69) is 26.6 Å². The van der Waals surface area contributed by atoms with E-state index in [4.69, 9.17) is 9.47 Å². The number of hydrogen-bond acceptors (Lipinski definition) is 4. The lowest BCUT2D eigenvalue weighted by atomic mass is 10.1. The number of carbonyl (C=O) groups is 2. The molecule has 0 bridgehead atoms. The minimum atomic E-state index is -0.293. The van der Waals surface area contributed by atoms with Crippen LogP contribution < -0.4 is 15.4 Å². The minimum Gasteiger partial charge on any atom is -0.490 e. The fourth-order valence-electron chi connectivity index (χ4n) is 3.00. The zero-order valence-electron chi connectivity index (χ0n) is 17.8. The molecule has 0 spiro atoms. The highest BCUT2D eigenvalue weighted by Gasteiger charge is 2.14. The summed E-state index contributed by atoms with van der Waals surface area (Å²) in [5, 5.41) is 5.74. The summed E-state index contributed by atoms with van der Waals surface area (Å²) < 4.78 is 11.4. The van der Waals surface area contributed by atoms with Crippen LogP contribution in [0.1, 0.15) is 22.3 Å². The van der Waals surface area contributed by atoms with Gasteiger partial charge in [0.25, 0.3) is 5.91 Å². The smallest absolute Gasteiger partial charge is 0.259 e. The average molecular weight is 497 g/mol. The summed E-state index contributed by atoms with van der Waals surface area (Å²) >= 11 is 3.39. The van der Waals surface area contributed by atoms with E-state index in [0.29, 0.717) is 48.7 Å². The maximum absolute atomic E-state index is 12.8. The van der Waals surface area contributed by atoms with E-state index in [1.165, 1.54) is 0 Å². The van der Waals surface area contributed by atoms with Crippen molar-refractivity contribution in [1.82, 2.24) is 0 Å². The molecule has 0 saturated carbocycles. The number of benzene rings is 3. The standard InChI is InChI=1S/C25H25BrN2O4/c1-31-15-16-32-23-13-8-19(26)17-22(23)25(30)28-21-11-9-20(10-12-21)27-24(29)14-7-18-5-3-2-4-6-18/h2-6,8-13,17H,7,14-16H2,1H3,(H,27,29)(H,28,30). The molecule has 3 rings (SSSR count). The monoisotopic (exact) mass is 496 g/mol. The van der Waals surface area contributed by atoms with E-state index < -0.39 is 0 Å². The number of rotatable bonds is 10. The number of carbonyl (C=O) groups excluding carboxylic acids is 2. The van der Waals surface area contributed by atoms with Gasteiger partial charge in [-0.25, -0.2) is 0 Å². The van der Waals surface area contributed by atoms with Gasteiger partial charge in [0.15, 0.2) is 0 Å². The molecule has 0 fully saturated rings. The van der Waals surface area contributed by atoms with E-state index >= 15 is 0 Å². The molecule has 0 aliphatic heterocycles. The van der Waals surface area contributed by atoms with Crippen LogP contribution in [0.15, 0.2) is 77.3 Å². The van der Waals surface area contributed by atoms with Gasteiger partial charge in [0, 0.05) is 29.4 Å². The largest absolute Gasteiger partial charge is 0.490 e. The Morgan fingerprint density at radius 1 is 0.875 bits per heavy atom. The second kappa shape index (κ2) is 12.0. The number of methoxy groups -OCH3 is 1. The lowest BCUT2D eigenvalue weighted by molar-refractivity contribution is -0.116. The number of anilines is 2. The number of halogens is 1. The number of aryl methyl sites for hydroxylation is 1. The highest BCUT2D eigenvalue weighted by Crippen LogP contribution is 2.25. The van der Waals surface area contributed by atoms with Crippen LogP contribution in [0.25, 0.3) is 0 Å². The highest BCUT2D eigenvalue weighted by atomic mass is 79.9. The number of hydrogen-bond donors (Lipinski definition) is 2. The summed E-state index contributed by atoms with van der Waals surface area (Å²) in [5.41, 5.74) is 2.82. The third kappa shape index (κ3) is 7.21. The molecular formula is C25H25BrN2O4. The maximum Gasteiger partial charge on any atom is 0.259 e. The normalized spacial score (nSPS) is 10.4. The Kier molecular flexibility index (Phi) is 8.83. The van der Waals surface area contributed by atoms with Gasteiger partial charge < -0.3 is 20.1 Å². The van der Waals surface area contributed by atoms with E-state index in [-0.39, 0.29) is 11.8 Å². The van der Waals surface area contributed by atoms with Crippen molar-refractivity contribution >= 4 is 39.1 Å². The fraction of sp³-hybridized carbons (Fsp3) is 0.200. The SMILES string of the molecule is COCCOc1ccc(Br)cc1C(=O)Nc1ccc(NC(=O)CCc2ccccc2)cc1. The fourth-order valence-corrected chi connectivity index (χ4v) is 3.36. The van der Waals surface area contributed by atoms with Crippen LogP contribution in [0.4, 0.5) is 11.4 Å². The van der Waals surface area contributed by atoms with Gasteiger partial charge in [-0.2, -0.15) is 0 Å². The number of ether oxygens (including phenoxy) is 2. The summed E-state index contributed by atoms with van der Waals surface area (Å²) in [7, 11) is 1.59. The van der Waals surface area contributed by atoms with Crippen LogP contribution in [0, 0.1) is 0 Å². The van der Waals surface area contributed by atoms with E-state index in [9.17, 15) is 9.59 Å². The van der Waals surface area contributed by atoms with Gasteiger partial charge in [0.1, 0.15) is 12.4 Å². The molecule has 0 aliphatic carbocycles. The van der Waals surface area contributed by atoms with Gasteiger partial charge in [-0.05, 0) is 54.4 Å². The molecule has 0 aromatic heterocycles. The van der Waals surface area contributed by atoms with Crippen LogP contribution in [0.5, 0.6) is 5.75 Å². The number of amides is 2. The summed E-state index contributed by atoms with van der Waals surface area (Å²) in [6.45, 7) is 0.771. The quantitative estimate of drug-likeness (QED) is 0.373. The van der Waals surface area contributed by atoms with Crippen molar-refractivity contribution in [2.75, 3.05) is 31.0 Å². The molecule has 32 heavy (non-hydrogen) atoms. The molecule has 0 radical (unpaired) electrons. The van der Waals surface area contributed by atoms with E-state index in [0.717, 1.165) is 10.0 Å². The molecule has 0 atom stereocenters. The molecule has 3 aromatic carbocycles. The van der Waals surface area contributed by atoms with Crippen molar-refractivity contribution in [2.24, 2.45) is 0 Å². The van der Waals surface area contributed by atoms with Crippen LogP contribution >= 0.6 is 15.9 Å². The molecule has 0 heterocycles. The Bertz CT molecular complexity index is 1040. The Labute approximate surface area is 196 Å². The van der Waals surface area contributed by atoms with Gasteiger partial charge in [-0.3, -0.25) is 9.59 Å². The third-order valence-corrected chi connectivity index (χ3v) is 5.13. The minimum absolute atomic E-state index is 0.0578. The molecule has 0 unspecified atom stereocenters. The third-order valence-electron chi connectivity index (χ3n) is 4.64. The first-order chi connectivity index (χ1) is 15.5. The summed E-state index contributed by atoms with van der Waals surface area (Å²) in [5.74, 6) is 0.126. The molecule has 3 aromatic rings. The predicted octanol–water partition coefficient (Wildman–Crippen LogP) is 5.30. The summed E-state index contributed by atoms with van der Waals surface area (Å²) in [4.78, 5) is 25.0. The average Bonchev–Trinajstić information content (AvgIpc) is 2.80. The van der Waals surface area contributed by atoms with Crippen LogP contribution in [0.3, 0.4) is 0 Å². The maximum atomic E-state index is 12.8. The molecule has 0 aliphatic rings. The molecule has 6 nitrogen and oxygen atoms in total. The van der Waals surface area contributed by atoms with Crippen LogP contribution in [-0.4, -0.2) is 32.1 Å². The van der Waals surface area contributed by atoms with Gasteiger partial charge in [0.2, 0.25) is 5.91 Å². The molecule has 0 saturated heterocycles. The first kappa shape index (κ1) is 23.5. The summed E-state index contributed by atoms with van der Waals surface area (Å²) in [6, 6.07) is 22.1. The predicted molar refractivity (Wildman–Crippen MR) is 129 cm³/mol. The highest BCUT2D eigenvalue weighted by molar-refractivity contribution is 9.10. The zero-order chi connectivity index (χ0) is 22.8. The Hall–Kier alpha value is -3.16. The molecule has 2 N–H and O–H groups in total. The Morgan fingerprint density at radius 2 is 1.56 bits per heavy atom. The van der Waals surface area contributed by atoms with E-state index in [1.807, 2.05) is 36.4 Å². The van der Waals surface area contributed by atoms with Crippen molar-refractivity contribution in [3.05, 3.63) is 88.4 Å². The lowest BCUT2D eigenvalue weighted by Gasteiger charge is -2.12. The van der Waals surface area contributed by atoms with Crippen molar-refractivity contribution < 1.29 is 19.1 Å². The van der Waals surface area contributed by atoms with Gasteiger partial charge >= 0.3 is 0 Å². The summed E-state index contributed by atoms with van der Waals surface area (Å²) in [6.07, 6.45) is 1.08. The van der Waals surface area contributed by atoms with Gasteiger partial charge in [-0.15, -0.1) is 0 Å². The van der Waals surface area contributed by atoms with Crippen LogP contribution in [0.2, 0.25) is 0 Å². The molecule has 166 valence electrons. The van der Waals surface area contributed by atoms with Crippen molar-refractivity contribution in [2.45, 2.75) is 12.8 Å². The topological polar surface area (TPSA) is 76.7 Å². The second-order valence-electron chi connectivity index (χ2n) is 7.05. The van der Waals surface area contributed by atoms with Gasteiger partial charge in [-0.1, -0.05) is 46.3 Å². The second-order valence-corrected chi connectivity index (χ2v) is 7.96. The Balaban J connectivity index is 1.56. The Morgan fingerprint density at radius 3 is 2.25 bits per heavy atom.